The van der Waals surface area contributed by atoms with Gasteiger partial charge in [0.05, 0.1) is 0 Å². The molecule has 0 aliphatic rings. The molecule has 1 atom stereocenters. The summed E-state index contributed by atoms with van der Waals surface area (Å²) >= 11 is 9.08. The van der Waals surface area contributed by atoms with Crippen LogP contribution in [0.25, 0.3) is 0 Å². The van der Waals surface area contributed by atoms with Crippen molar-refractivity contribution in [3.63, 3.8) is 0 Å². The Labute approximate surface area is 94.6 Å². The summed E-state index contributed by atoms with van der Waals surface area (Å²) in [4.78, 5) is 3.34. The molecule has 0 aliphatic heterocycles. The van der Waals surface area contributed by atoms with E-state index in [1.807, 2.05) is 11.3 Å². The Balaban J connectivity index is 2.74. The first-order chi connectivity index (χ1) is 5.65. The van der Waals surface area contributed by atoms with E-state index in [9.17, 15) is 0 Å². The van der Waals surface area contributed by atoms with E-state index < -0.39 is 0 Å². The first kappa shape index (κ1) is 10.7. The minimum Gasteiger partial charge on any atom is -0.143 e. The van der Waals surface area contributed by atoms with Gasteiger partial charge in [0.1, 0.15) is 0 Å². The lowest BCUT2D eigenvalue weighted by Crippen LogP contribution is -1.82. The Kier molecular flexibility index (Phi) is 4.27. The van der Waals surface area contributed by atoms with Crippen LogP contribution in [0.4, 0.5) is 0 Å². The minimum atomic E-state index is 0.539. The van der Waals surface area contributed by atoms with Crippen LogP contribution < -0.4 is 0 Å². The van der Waals surface area contributed by atoms with E-state index in [1.54, 1.807) is 0 Å². The predicted octanol–water partition coefficient (Wildman–Crippen LogP) is 5.06. The Morgan fingerprint density at radius 3 is 2.67 bits per heavy atom. The van der Waals surface area contributed by atoms with Gasteiger partial charge in [-0.25, -0.2) is 0 Å². The molecule has 0 aliphatic carbocycles. The quantitative estimate of drug-likeness (QED) is 0.685. The van der Waals surface area contributed by atoms with Crippen LogP contribution in [-0.2, 0) is 0 Å². The van der Waals surface area contributed by atoms with E-state index in [-0.39, 0.29) is 0 Å². The fourth-order valence-electron chi connectivity index (χ4n) is 1.03. The summed E-state index contributed by atoms with van der Waals surface area (Å²) in [5, 5.41) is 0. The van der Waals surface area contributed by atoms with Crippen molar-refractivity contribution in [2.24, 2.45) is 0 Å². The van der Waals surface area contributed by atoms with Crippen molar-refractivity contribution in [2.45, 2.75) is 31.5 Å². The second-order valence-corrected chi connectivity index (χ2v) is 6.06. The van der Waals surface area contributed by atoms with Gasteiger partial charge < -0.3 is 0 Å². The molecule has 0 amide bonds. The molecule has 1 aromatic heterocycles. The van der Waals surface area contributed by atoms with Crippen LogP contribution in [0, 0.1) is 6.92 Å². The molecule has 1 heterocycles. The van der Waals surface area contributed by atoms with Gasteiger partial charge in [-0.05, 0) is 35.3 Å². The van der Waals surface area contributed by atoms with Crippen molar-refractivity contribution in [3.8, 4) is 0 Å². The Morgan fingerprint density at radius 1 is 1.58 bits per heavy atom. The third-order valence-electron chi connectivity index (χ3n) is 1.73. The highest BCUT2D eigenvalue weighted by Gasteiger charge is 2.10. The van der Waals surface area contributed by atoms with E-state index in [2.05, 4.69) is 51.8 Å². The molecule has 0 saturated carbocycles. The average Bonchev–Trinajstić information content (AvgIpc) is 2.33. The van der Waals surface area contributed by atoms with Crippen molar-refractivity contribution in [1.82, 2.24) is 0 Å². The van der Waals surface area contributed by atoms with Gasteiger partial charge >= 0.3 is 0 Å². The van der Waals surface area contributed by atoms with Crippen LogP contribution in [0.3, 0.4) is 0 Å². The third kappa shape index (κ3) is 2.57. The summed E-state index contributed by atoms with van der Waals surface area (Å²) in [7, 11) is 0. The van der Waals surface area contributed by atoms with Gasteiger partial charge in [-0.3, -0.25) is 0 Å². The lowest BCUT2D eigenvalue weighted by Gasteiger charge is -2.03. The van der Waals surface area contributed by atoms with E-state index in [0.717, 1.165) is 0 Å². The molecule has 1 aromatic rings. The number of halogens is 2. The standard InChI is InChI=1S/C9H12Br2S/c1-3-4-7(10)9-5-8(11)6(2)12-9/h5,7H,3-4H2,1-2H3. The van der Waals surface area contributed by atoms with E-state index in [0.29, 0.717) is 4.83 Å². The van der Waals surface area contributed by atoms with Gasteiger partial charge in [-0.1, -0.05) is 29.3 Å². The monoisotopic (exact) mass is 310 g/mol. The SMILES string of the molecule is CCCC(Br)c1cc(Br)c(C)s1. The van der Waals surface area contributed by atoms with Gasteiger partial charge in [0.2, 0.25) is 0 Å². The maximum Gasteiger partial charge on any atom is 0.0489 e. The number of rotatable bonds is 3. The number of alkyl halides is 1. The fraction of sp³-hybridized carbons (Fsp3) is 0.556. The van der Waals surface area contributed by atoms with Gasteiger partial charge in [0, 0.05) is 19.1 Å². The van der Waals surface area contributed by atoms with Crippen LogP contribution in [0.15, 0.2) is 10.5 Å². The van der Waals surface area contributed by atoms with Crippen molar-refractivity contribution < 1.29 is 0 Å². The molecule has 0 saturated heterocycles. The average molecular weight is 312 g/mol. The van der Waals surface area contributed by atoms with Gasteiger partial charge in [-0.15, -0.1) is 11.3 Å². The minimum absolute atomic E-state index is 0.539. The molecule has 68 valence electrons. The van der Waals surface area contributed by atoms with Crippen LogP contribution in [-0.4, -0.2) is 0 Å². The second kappa shape index (κ2) is 4.77. The van der Waals surface area contributed by atoms with Crippen molar-refractivity contribution in [3.05, 3.63) is 20.3 Å². The summed E-state index contributed by atoms with van der Waals surface area (Å²) in [6.07, 6.45) is 2.44. The molecule has 0 nitrogen and oxygen atoms in total. The summed E-state index contributed by atoms with van der Waals surface area (Å²) in [6, 6.07) is 2.22. The van der Waals surface area contributed by atoms with Crippen LogP contribution in [0.1, 0.15) is 34.3 Å². The summed E-state index contributed by atoms with van der Waals surface area (Å²) in [5.41, 5.74) is 0. The zero-order valence-corrected chi connectivity index (χ0v) is 11.2. The van der Waals surface area contributed by atoms with E-state index in [4.69, 9.17) is 0 Å². The fourth-order valence-corrected chi connectivity index (χ4v) is 3.48. The van der Waals surface area contributed by atoms with Crippen LogP contribution in [0.2, 0.25) is 0 Å². The smallest absolute Gasteiger partial charge is 0.0489 e. The van der Waals surface area contributed by atoms with Gasteiger partial charge in [-0.2, -0.15) is 0 Å². The highest BCUT2D eigenvalue weighted by atomic mass is 79.9. The Morgan fingerprint density at radius 2 is 2.25 bits per heavy atom. The molecule has 12 heavy (non-hydrogen) atoms. The molecule has 0 aromatic carbocycles. The molecule has 1 unspecified atom stereocenters. The first-order valence-corrected chi connectivity index (χ1v) is 6.57. The highest BCUT2D eigenvalue weighted by molar-refractivity contribution is 9.10. The molecule has 0 spiro atoms. The topological polar surface area (TPSA) is 0 Å². The molecular formula is C9H12Br2S. The number of hydrogen-bond donors (Lipinski definition) is 0. The molecule has 1 rings (SSSR count). The number of thiophene rings is 1. The predicted molar refractivity (Wildman–Crippen MR) is 63.3 cm³/mol. The number of hydrogen-bond acceptors (Lipinski definition) is 1. The maximum absolute atomic E-state index is 3.68. The number of aryl methyl sites for hydroxylation is 1. The lowest BCUT2D eigenvalue weighted by atomic mass is 10.2. The van der Waals surface area contributed by atoms with Crippen LogP contribution in [0.5, 0.6) is 0 Å². The largest absolute Gasteiger partial charge is 0.143 e. The van der Waals surface area contributed by atoms with Crippen molar-refractivity contribution in [2.75, 3.05) is 0 Å². The van der Waals surface area contributed by atoms with E-state index >= 15 is 0 Å². The zero-order valence-electron chi connectivity index (χ0n) is 7.23. The Bertz CT molecular complexity index is 236. The molecule has 3 heteroatoms. The molecule has 0 N–H and O–H groups in total. The van der Waals surface area contributed by atoms with Crippen molar-refractivity contribution >= 4 is 43.2 Å². The van der Waals surface area contributed by atoms with Crippen molar-refractivity contribution in [1.29, 1.82) is 0 Å². The molecule has 0 bridgehead atoms. The zero-order chi connectivity index (χ0) is 9.14. The van der Waals surface area contributed by atoms with E-state index in [1.165, 1.54) is 27.1 Å². The van der Waals surface area contributed by atoms with Gasteiger partial charge in [0.25, 0.3) is 0 Å². The third-order valence-corrected chi connectivity index (χ3v) is 5.23. The lowest BCUT2D eigenvalue weighted by molar-refractivity contribution is 0.797. The normalized spacial score (nSPS) is 13.3. The van der Waals surface area contributed by atoms with Crippen LogP contribution >= 0.6 is 43.2 Å². The first-order valence-electron chi connectivity index (χ1n) is 4.05. The summed E-state index contributed by atoms with van der Waals surface area (Å²) in [5.74, 6) is 0. The molecular weight excluding hydrogens is 300 g/mol. The Hall–Kier alpha value is 0.660. The molecule has 0 fully saturated rings. The second-order valence-electron chi connectivity index (χ2n) is 2.81. The highest BCUT2D eigenvalue weighted by Crippen LogP contribution is 2.36. The van der Waals surface area contributed by atoms with Gasteiger partial charge in [0.15, 0.2) is 0 Å². The maximum atomic E-state index is 3.68. The summed E-state index contributed by atoms with van der Waals surface area (Å²) in [6.45, 7) is 4.35. The molecule has 0 radical (unpaired) electrons. The summed E-state index contributed by atoms with van der Waals surface area (Å²) < 4.78 is 1.24.